The predicted molar refractivity (Wildman–Crippen MR) is 75.8 cm³/mol. The van der Waals surface area contributed by atoms with Crippen LogP contribution in [0, 0.1) is 0 Å². The fourth-order valence-corrected chi connectivity index (χ4v) is 1.94. The van der Waals surface area contributed by atoms with Gasteiger partial charge in [-0.25, -0.2) is 0 Å². The van der Waals surface area contributed by atoms with Crippen molar-refractivity contribution in [3.05, 3.63) is 35.3 Å². The van der Waals surface area contributed by atoms with Crippen LogP contribution in [-0.2, 0) is 16.1 Å². The predicted octanol–water partition coefficient (Wildman–Crippen LogP) is 2.09. The summed E-state index contributed by atoms with van der Waals surface area (Å²) in [6.07, 6.45) is -0.579. The average Bonchev–Trinajstić information content (AvgIpc) is 2.97. The number of anilines is 1. The number of hydrogen-bond donors (Lipinski definition) is 1. The standard InChI is InChI=1S/C13H15N3O3S/c1-9(12(17)15-13-16-14-8-20-13)19-7-10-4-3-5-11(6-10)18-2/h3-6,8-9H,7H2,1-2H3,(H,15,16,17). The van der Waals surface area contributed by atoms with E-state index in [0.29, 0.717) is 11.7 Å². The molecule has 1 atom stereocenters. The molecule has 0 aliphatic carbocycles. The number of benzene rings is 1. The van der Waals surface area contributed by atoms with Crippen LogP contribution in [0.25, 0.3) is 0 Å². The van der Waals surface area contributed by atoms with Crippen molar-refractivity contribution in [2.45, 2.75) is 19.6 Å². The van der Waals surface area contributed by atoms with Gasteiger partial charge in [-0.15, -0.1) is 10.2 Å². The molecule has 20 heavy (non-hydrogen) atoms. The summed E-state index contributed by atoms with van der Waals surface area (Å²) in [7, 11) is 1.61. The van der Waals surface area contributed by atoms with Crippen LogP contribution in [0.15, 0.2) is 29.8 Å². The lowest BCUT2D eigenvalue weighted by atomic mass is 10.2. The van der Waals surface area contributed by atoms with E-state index in [4.69, 9.17) is 9.47 Å². The molecule has 0 fully saturated rings. The number of aromatic nitrogens is 2. The lowest BCUT2D eigenvalue weighted by molar-refractivity contribution is -0.127. The van der Waals surface area contributed by atoms with Crippen molar-refractivity contribution in [3.63, 3.8) is 0 Å². The highest BCUT2D eigenvalue weighted by Gasteiger charge is 2.15. The number of methoxy groups -OCH3 is 1. The smallest absolute Gasteiger partial charge is 0.255 e. The van der Waals surface area contributed by atoms with Crippen LogP contribution < -0.4 is 10.1 Å². The molecule has 1 aromatic heterocycles. The lowest BCUT2D eigenvalue weighted by Crippen LogP contribution is -2.27. The normalized spacial score (nSPS) is 11.9. The minimum atomic E-state index is -0.579. The molecule has 106 valence electrons. The molecule has 1 N–H and O–H groups in total. The second kappa shape index (κ2) is 6.97. The van der Waals surface area contributed by atoms with Crippen LogP contribution in [0.3, 0.4) is 0 Å². The number of hydrogen-bond acceptors (Lipinski definition) is 6. The van der Waals surface area contributed by atoms with Gasteiger partial charge in [0.05, 0.1) is 13.7 Å². The van der Waals surface area contributed by atoms with E-state index in [1.807, 2.05) is 24.3 Å². The second-order valence-corrected chi connectivity index (χ2v) is 4.87. The molecule has 0 aliphatic rings. The van der Waals surface area contributed by atoms with Crippen LogP contribution in [-0.4, -0.2) is 29.3 Å². The van der Waals surface area contributed by atoms with E-state index in [0.717, 1.165) is 11.3 Å². The molecule has 1 unspecified atom stereocenters. The zero-order valence-corrected chi connectivity index (χ0v) is 12.0. The summed E-state index contributed by atoms with van der Waals surface area (Å²) in [6, 6.07) is 7.52. The average molecular weight is 293 g/mol. The first-order valence-corrected chi connectivity index (χ1v) is 6.88. The first-order valence-electron chi connectivity index (χ1n) is 6.00. The molecule has 6 nitrogen and oxygen atoms in total. The maximum atomic E-state index is 11.8. The van der Waals surface area contributed by atoms with Gasteiger partial charge in [-0.1, -0.05) is 23.5 Å². The van der Waals surface area contributed by atoms with Gasteiger partial charge in [-0.3, -0.25) is 10.1 Å². The lowest BCUT2D eigenvalue weighted by Gasteiger charge is -2.12. The topological polar surface area (TPSA) is 73.3 Å². The van der Waals surface area contributed by atoms with E-state index in [9.17, 15) is 4.79 Å². The number of ether oxygens (including phenoxy) is 2. The second-order valence-electron chi connectivity index (χ2n) is 4.04. The van der Waals surface area contributed by atoms with E-state index in [-0.39, 0.29) is 5.91 Å². The van der Waals surface area contributed by atoms with Crippen molar-refractivity contribution in [3.8, 4) is 5.75 Å². The highest BCUT2D eigenvalue weighted by molar-refractivity contribution is 7.13. The number of amides is 1. The molecular weight excluding hydrogens is 278 g/mol. The van der Waals surface area contributed by atoms with E-state index in [1.165, 1.54) is 11.3 Å². The Kier molecular flexibility index (Phi) is 5.03. The quantitative estimate of drug-likeness (QED) is 0.883. The molecule has 0 spiro atoms. The highest BCUT2D eigenvalue weighted by atomic mass is 32.1. The summed E-state index contributed by atoms with van der Waals surface area (Å²) >= 11 is 1.26. The van der Waals surface area contributed by atoms with E-state index < -0.39 is 6.10 Å². The Morgan fingerprint density at radius 2 is 2.35 bits per heavy atom. The van der Waals surface area contributed by atoms with E-state index >= 15 is 0 Å². The third-order valence-electron chi connectivity index (χ3n) is 2.59. The molecule has 2 aromatic rings. The van der Waals surface area contributed by atoms with Gasteiger partial charge in [0.15, 0.2) is 0 Å². The SMILES string of the molecule is COc1cccc(COC(C)C(=O)Nc2nncs2)c1. The number of carbonyl (C=O) groups excluding carboxylic acids is 1. The first kappa shape index (κ1) is 14.4. The number of carbonyl (C=O) groups is 1. The third-order valence-corrected chi connectivity index (χ3v) is 3.20. The molecule has 7 heteroatoms. The van der Waals surface area contributed by atoms with Crippen molar-refractivity contribution >= 4 is 22.4 Å². The van der Waals surface area contributed by atoms with Crippen molar-refractivity contribution in [2.75, 3.05) is 12.4 Å². The summed E-state index contributed by atoms with van der Waals surface area (Å²) in [5.41, 5.74) is 2.50. The van der Waals surface area contributed by atoms with Crippen LogP contribution in [0.4, 0.5) is 5.13 Å². The summed E-state index contributed by atoms with van der Waals surface area (Å²) in [4.78, 5) is 11.8. The molecule has 0 saturated carbocycles. The molecule has 2 rings (SSSR count). The molecule has 0 radical (unpaired) electrons. The van der Waals surface area contributed by atoms with Crippen molar-refractivity contribution in [2.24, 2.45) is 0 Å². The summed E-state index contributed by atoms with van der Waals surface area (Å²) < 4.78 is 10.7. The van der Waals surface area contributed by atoms with E-state index in [1.54, 1.807) is 19.5 Å². The maximum absolute atomic E-state index is 11.8. The van der Waals surface area contributed by atoms with Gasteiger partial charge >= 0.3 is 0 Å². The Hall–Kier alpha value is -1.99. The first-order chi connectivity index (χ1) is 9.69. The zero-order valence-electron chi connectivity index (χ0n) is 11.2. The molecule has 0 saturated heterocycles. The molecule has 1 aromatic carbocycles. The highest BCUT2D eigenvalue weighted by Crippen LogP contribution is 2.14. The fourth-order valence-electron chi connectivity index (χ4n) is 1.49. The summed E-state index contributed by atoms with van der Waals surface area (Å²) in [5.74, 6) is 0.515. The van der Waals surface area contributed by atoms with Crippen LogP contribution in [0.2, 0.25) is 0 Å². The van der Waals surface area contributed by atoms with Gasteiger partial charge in [0.1, 0.15) is 17.4 Å². The molecule has 1 amide bonds. The largest absolute Gasteiger partial charge is 0.497 e. The van der Waals surface area contributed by atoms with Gasteiger partial charge in [0.25, 0.3) is 5.91 Å². The number of nitrogens with zero attached hydrogens (tertiary/aromatic N) is 2. The van der Waals surface area contributed by atoms with Crippen LogP contribution in [0.5, 0.6) is 5.75 Å². The van der Waals surface area contributed by atoms with Gasteiger partial charge in [0.2, 0.25) is 5.13 Å². The summed E-state index contributed by atoms with van der Waals surface area (Å²) in [6.45, 7) is 2.03. The maximum Gasteiger partial charge on any atom is 0.255 e. The molecule has 0 aliphatic heterocycles. The Bertz CT molecular complexity index is 560. The fraction of sp³-hybridized carbons (Fsp3) is 0.308. The Morgan fingerprint density at radius 3 is 3.05 bits per heavy atom. The van der Waals surface area contributed by atoms with Crippen LogP contribution >= 0.6 is 11.3 Å². The van der Waals surface area contributed by atoms with Crippen LogP contribution in [0.1, 0.15) is 12.5 Å². The zero-order chi connectivity index (χ0) is 14.4. The Morgan fingerprint density at radius 1 is 1.50 bits per heavy atom. The van der Waals surface area contributed by atoms with Gasteiger partial charge in [0, 0.05) is 0 Å². The minimum Gasteiger partial charge on any atom is -0.497 e. The third kappa shape index (κ3) is 4.01. The van der Waals surface area contributed by atoms with E-state index in [2.05, 4.69) is 15.5 Å². The summed E-state index contributed by atoms with van der Waals surface area (Å²) in [5, 5.41) is 10.5. The monoisotopic (exact) mass is 293 g/mol. The van der Waals surface area contributed by atoms with Gasteiger partial charge in [-0.05, 0) is 24.6 Å². The van der Waals surface area contributed by atoms with Gasteiger partial charge in [-0.2, -0.15) is 0 Å². The Balaban J connectivity index is 1.84. The Labute approximate surface area is 120 Å². The van der Waals surface area contributed by atoms with Crippen molar-refractivity contribution in [1.82, 2.24) is 10.2 Å². The number of nitrogens with one attached hydrogen (secondary N) is 1. The number of rotatable bonds is 6. The van der Waals surface area contributed by atoms with Crippen molar-refractivity contribution < 1.29 is 14.3 Å². The molecule has 0 bridgehead atoms. The molecular formula is C13H15N3O3S. The minimum absolute atomic E-state index is 0.246. The van der Waals surface area contributed by atoms with Crippen molar-refractivity contribution in [1.29, 1.82) is 0 Å². The molecule has 1 heterocycles. The van der Waals surface area contributed by atoms with Gasteiger partial charge < -0.3 is 9.47 Å².